The second-order valence-corrected chi connectivity index (χ2v) is 4.24. The second-order valence-electron chi connectivity index (χ2n) is 4.24. The third kappa shape index (κ3) is 3.89. The third-order valence-electron chi connectivity index (χ3n) is 2.44. The highest BCUT2D eigenvalue weighted by molar-refractivity contribution is 5.97. The fraction of sp³-hybridized carbons (Fsp3) is 0.333. The Morgan fingerprint density at radius 2 is 1.62 bits per heavy atom. The highest BCUT2D eigenvalue weighted by atomic mass is 19.4. The van der Waals surface area contributed by atoms with Gasteiger partial charge in [0.15, 0.2) is 0 Å². The van der Waals surface area contributed by atoms with Gasteiger partial charge in [0.25, 0.3) is 0 Å². The zero-order chi connectivity index (χ0) is 16.4. The predicted molar refractivity (Wildman–Crippen MR) is 65.1 cm³/mol. The number of carbonyl (C=O) groups is 2. The van der Waals surface area contributed by atoms with E-state index in [2.05, 4.69) is 5.32 Å². The highest BCUT2D eigenvalue weighted by Crippen LogP contribution is 2.36. The molecular formula is C12H11F5N2O2. The van der Waals surface area contributed by atoms with Crippen LogP contribution in [0.1, 0.15) is 12.5 Å². The lowest BCUT2D eigenvalue weighted by atomic mass is 10.1. The maximum atomic E-state index is 12.8. The van der Waals surface area contributed by atoms with Gasteiger partial charge in [-0.15, -0.1) is 0 Å². The van der Waals surface area contributed by atoms with Crippen LogP contribution in [0.25, 0.3) is 0 Å². The molecule has 0 unspecified atom stereocenters. The Bertz CT molecular complexity index is 569. The topological polar surface area (TPSA) is 58.2 Å². The van der Waals surface area contributed by atoms with Crippen LogP contribution in [0.2, 0.25) is 0 Å². The number of hydrogen-bond donors (Lipinski definition) is 2. The van der Waals surface area contributed by atoms with Gasteiger partial charge in [0.1, 0.15) is 0 Å². The molecule has 1 aromatic rings. The minimum Gasteiger partial charge on any atom is -0.326 e. The summed E-state index contributed by atoms with van der Waals surface area (Å²) in [5.74, 6) is -8.34. The summed E-state index contributed by atoms with van der Waals surface area (Å²) in [6, 6.07) is 3.54. The van der Waals surface area contributed by atoms with Crippen LogP contribution in [0.3, 0.4) is 0 Å². The molecule has 0 fully saturated rings. The van der Waals surface area contributed by atoms with Crippen LogP contribution < -0.4 is 10.6 Å². The maximum Gasteiger partial charge on any atom is 0.463 e. The van der Waals surface area contributed by atoms with Gasteiger partial charge in [-0.05, 0) is 30.7 Å². The minimum atomic E-state index is -5.97. The average Bonchev–Trinajstić information content (AvgIpc) is 2.30. The number of nitrogens with one attached hydrogen (secondary N) is 2. The van der Waals surface area contributed by atoms with Crippen molar-refractivity contribution in [3.8, 4) is 0 Å². The molecule has 1 rings (SSSR count). The van der Waals surface area contributed by atoms with Gasteiger partial charge in [0.05, 0.1) is 0 Å². The second kappa shape index (κ2) is 5.66. The molecule has 9 heteroatoms. The van der Waals surface area contributed by atoms with Crippen LogP contribution in [0.15, 0.2) is 18.2 Å². The zero-order valence-corrected chi connectivity index (χ0v) is 10.9. The first kappa shape index (κ1) is 16.9. The molecule has 1 aromatic carbocycles. The number of aryl methyl sites for hydroxylation is 1. The molecule has 0 spiro atoms. The van der Waals surface area contributed by atoms with Crippen molar-refractivity contribution in [3.05, 3.63) is 23.8 Å². The van der Waals surface area contributed by atoms with Gasteiger partial charge >= 0.3 is 18.0 Å². The molecule has 2 amide bonds. The maximum absolute atomic E-state index is 12.8. The Hall–Kier alpha value is -2.19. The van der Waals surface area contributed by atoms with E-state index in [-0.39, 0.29) is 11.6 Å². The summed E-state index contributed by atoms with van der Waals surface area (Å²) >= 11 is 0. The van der Waals surface area contributed by atoms with Crippen LogP contribution in [0.4, 0.5) is 33.3 Å². The molecule has 4 nitrogen and oxygen atoms in total. The number of hydrogen-bond acceptors (Lipinski definition) is 2. The van der Waals surface area contributed by atoms with Gasteiger partial charge in [-0.3, -0.25) is 9.59 Å². The van der Waals surface area contributed by atoms with Crippen LogP contribution >= 0.6 is 0 Å². The molecule has 116 valence electrons. The van der Waals surface area contributed by atoms with E-state index in [9.17, 15) is 31.5 Å². The predicted octanol–water partition coefficient (Wildman–Crippen LogP) is 3.09. The summed E-state index contributed by atoms with van der Waals surface area (Å²) in [4.78, 5) is 21.9. The standard InChI is InChI=1S/C12H11F5N2O2/c1-6-5-8(3-4-9(6)18-7(2)20)19-10(21)11(13,14)12(15,16)17/h3-5H,1-2H3,(H,18,20)(H,19,21). The summed E-state index contributed by atoms with van der Waals surface area (Å²) in [6.45, 7) is 2.74. The van der Waals surface area contributed by atoms with Crippen molar-refractivity contribution in [2.45, 2.75) is 25.9 Å². The molecule has 0 aliphatic heterocycles. The number of carbonyl (C=O) groups excluding carboxylic acids is 2. The van der Waals surface area contributed by atoms with Crippen LogP contribution in [-0.2, 0) is 9.59 Å². The SMILES string of the molecule is CC(=O)Nc1ccc(NC(=O)C(F)(F)C(F)(F)F)cc1C. The minimum absolute atomic E-state index is 0.240. The molecule has 0 saturated carbocycles. The van der Waals surface area contributed by atoms with E-state index in [0.29, 0.717) is 11.3 Å². The van der Waals surface area contributed by atoms with Crippen molar-refractivity contribution >= 4 is 23.2 Å². The fourth-order valence-electron chi connectivity index (χ4n) is 1.41. The van der Waals surface area contributed by atoms with Gasteiger partial charge in [-0.2, -0.15) is 22.0 Å². The van der Waals surface area contributed by atoms with Gasteiger partial charge in [-0.1, -0.05) is 0 Å². The first-order chi connectivity index (χ1) is 9.45. The molecule has 0 atom stereocenters. The molecule has 0 radical (unpaired) electrons. The summed E-state index contributed by atoms with van der Waals surface area (Å²) in [6.07, 6.45) is -5.97. The Labute approximate surface area is 116 Å². The van der Waals surface area contributed by atoms with E-state index in [1.165, 1.54) is 25.2 Å². The lowest BCUT2D eigenvalue weighted by Gasteiger charge is -2.19. The average molecular weight is 310 g/mol. The molecule has 0 aliphatic carbocycles. The smallest absolute Gasteiger partial charge is 0.326 e. The summed E-state index contributed by atoms with van der Waals surface area (Å²) in [5.41, 5.74) is 0.497. The van der Waals surface area contributed by atoms with E-state index in [4.69, 9.17) is 0 Å². The van der Waals surface area contributed by atoms with E-state index < -0.39 is 18.0 Å². The number of rotatable bonds is 3. The molecule has 0 aromatic heterocycles. The number of halogens is 5. The summed E-state index contributed by atoms with van der Waals surface area (Å²) < 4.78 is 61.6. The lowest BCUT2D eigenvalue weighted by molar-refractivity contribution is -0.267. The van der Waals surface area contributed by atoms with Gasteiger partial charge in [-0.25, -0.2) is 0 Å². The van der Waals surface area contributed by atoms with Crippen molar-refractivity contribution in [2.75, 3.05) is 10.6 Å². The van der Waals surface area contributed by atoms with Crippen LogP contribution in [-0.4, -0.2) is 23.9 Å². The van der Waals surface area contributed by atoms with E-state index >= 15 is 0 Å². The monoisotopic (exact) mass is 310 g/mol. The van der Waals surface area contributed by atoms with Crippen LogP contribution in [0.5, 0.6) is 0 Å². The van der Waals surface area contributed by atoms with Crippen molar-refractivity contribution in [3.63, 3.8) is 0 Å². The fourth-order valence-corrected chi connectivity index (χ4v) is 1.41. The molecule has 0 saturated heterocycles. The number of amides is 2. The first-order valence-electron chi connectivity index (χ1n) is 5.59. The Kier molecular flexibility index (Phi) is 4.55. The van der Waals surface area contributed by atoms with Crippen molar-refractivity contribution in [2.24, 2.45) is 0 Å². The normalized spacial score (nSPS) is 12.0. The zero-order valence-electron chi connectivity index (χ0n) is 10.9. The van der Waals surface area contributed by atoms with Crippen molar-refractivity contribution in [1.82, 2.24) is 0 Å². The van der Waals surface area contributed by atoms with E-state index in [0.717, 1.165) is 12.1 Å². The Balaban J connectivity index is 2.92. The van der Waals surface area contributed by atoms with E-state index in [1.54, 1.807) is 0 Å². The van der Waals surface area contributed by atoms with Gasteiger partial charge < -0.3 is 10.6 Å². The van der Waals surface area contributed by atoms with E-state index in [1.807, 2.05) is 0 Å². The molecule has 0 bridgehead atoms. The Morgan fingerprint density at radius 3 is 2.05 bits per heavy atom. The molecule has 2 N–H and O–H groups in total. The number of alkyl halides is 5. The lowest BCUT2D eigenvalue weighted by Crippen LogP contribution is -2.47. The van der Waals surface area contributed by atoms with Gasteiger partial charge in [0.2, 0.25) is 5.91 Å². The largest absolute Gasteiger partial charge is 0.463 e. The molecular weight excluding hydrogens is 299 g/mol. The van der Waals surface area contributed by atoms with Crippen molar-refractivity contribution < 1.29 is 31.5 Å². The quantitative estimate of drug-likeness (QED) is 0.843. The summed E-state index contributed by atoms with van der Waals surface area (Å²) in [7, 11) is 0. The van der Waals surface area contributed by atoms with Crippen LogP contribution in [0, 0.1) is 6.92 Å². The molecule has 0 aliphatic rings. The molecule has 0 heterocycles. The highest BCUT2D eigenvalue weighted by Gasteiger charge is 2.63. The number of anilines is 2. The number of benzene rings is 1. The summed E-state index contributed by atoms with van der Waals surface area (Å²) in [5, 5.41) is 3.92. The van der Waals surface area contributed by atoms with Crippen molar-refractivity contribution in [1.29, 1.82) is 0 Å². The Morgan fingerprint density at radius 1 is 1.05 bits per heavy atom. The van der Waals surface area contributed by atoms with Gasteiger partial charge in [0, 0.05) is 18.3 Å². The first-order valence-corrected chi connectivity index (χ1v) is 5.59. The molecule has 21 heavy (non-hydrogen) atoms. The third-order valence-corrected chi connectivity index (χ3v) is 2.44.